The Kier molecular flexibility index (Phi) is 4.46. The Bertz CT molecular complexity index is 1370. The average Bonchev–Trinajstić information content (AvgIpc) is 3.24. The molecule has 1 atom stereocenters. The summed E-state index contributed by atoms with van der Waals surface area (Å²) in [7, 11) is 0. The monoisotopic (exact) mass is 418 g/mol. The van der Waals surface area contributed by atoms with Crippen molar-refractivity contribution < 1.29 is 18.3 Å². The van der Waals surface area contributed by atoms with Crippen molar-refractivity contribution in [3.8, 4) is 16.9 Å². The summed E-state index contributed by atoms with van der Waals surface area (Å²) in [6, 6.07) is 10.9. The van der Waals surface area contributed by atoms with Gasteiger partial charge in [-0.1, -0.05) is 12.1 Å². The van der Waals surface area contributed by atoms with Gasteiger partial charge in [0.15, 0.2) is 0 Å². The number of esters is 1. The normalized spacial score (nSPS) is 15.9. The van der Waals surface area contributed by atoms with Crippen LogP contribution in [-0.2, 0) is 4.79 Å². The summed E-state index contributed by atoms with van der Waals surface area (Å²) in [6.07, 6.45) is 3.20. The van der Waals surface area contributed by atoms with Crippen LogP contribution in [0.15, 0.2) is 64.1 Å². The van der Waals surface area contributed by atoms with Crippen molar-refractivity contribution in [3.05, 3.63) is 82.2 Å². The molecule has 0 radical (unpaired) electrons. The zero-order valence-corrected chi connectivity index (χ0v) is 17.0. The Morgan fingerprint density at radius 1 is 1.10 bits per heavy atom. The minimum absolute atomic E-state index is 0.0958. The highest BCUT2D eigenvalue weighted by atomic mass is 19.1. The number of hydrogen-bond acceptors (Lipinski definition) is 5. The lowest BCUT2D eigenvalue weighted by Gasteiger charge is -2.26. The lowest BCUT2D eigenvalue weighted by molar-refractivity contribution is -0.135. The average molecular weight is 418 g/mol. The zero-order chi connectivity index (χ0) is 21.7. The van der Waals surface area contributed by atoms with Crippen LogP contribution in [0.5, 0.6) is 5.75 Å². The van der Waals surface area contributed by atoms with Crippen LogP contribution in [0.3, 0.4) is 0 Å². The first-order valence-corrected chi connectivity index (χ1v) is 10.0. The SMILES string of the molecule is CC(C)n1nccc1[C@@H]1CC(=O)Oc2ccc3c(=O)c(-c4ccc(F)cc4)coc3c21. The molecule has 156 valence electrons. The molecule has 0 fully saturated rings. The van der Waals surface area contributed by atoms with Crippen LogP contribution in [0, 0.1) is 5.82 Å². The molecular weight excluding hydrogens is 399 g/mol. The van der Waals surface area contributed by atoms with Crippen LogP contribution in [0.25, 0.3) is 22.1 Å². The van der Waals surface area contributed by atoms with Crippen molar-refractivity contribution in [1.82, 2.24) is 9.78 Å². The van der Waals surface area contributed by atoms with Gasteiger partial charge in [0.2, 0.25) is 5.43 Å². The zero-order valence-electron chi connectivity index (χ0n) is 17.0. The number of carbonyl (C=O) groups is 1. The predicted molar refractivity (Wildman–Crippen MR) is 113 cm³/mol. The summed E-state index contributed by atoms with van der Waals surface area (Å²) in [4.78, 5) is 25.6. The summed E-state index contributed by atoms with van der Waals surface area (Å²) in [5.74, 6) is -0.708. The minimum atomic E-state index is -0.380. The molecule has 4 aromatic rings. The number of rotatable bonds is 3. The Morgan fingerprint density at radius 2 is 1.87 bits per heavy atom. The number of hydrogen-bond donors (Lipinski definition) is 0. The number of fused-ring (bicyclic) bond motifs is 3. The fourth-order valence-electron chi connectivity index (χ4n) is 4.17. The first kappa shape index (κ1) is 19.2. The van der Waals surface area contributed by atoms with Gasteiger partial charge in [-0.05, 0) is 49.7 Å². The van der Waals surface area contributed by atoms with E-state index >= 15 is 0 Å². The van der Waals surface area contributed by atoms with Crippen molar-refractivity contribution in [3.63, 3.8) is 0 Å². The van der Waals surface area contributed by atoms with Crippen molar-refractivity contribution >= 4 is 16.9 Å². The van der Waals surface area contributed by atoms with Crippen LogP contribution >= 0.6 is 0 Å². The molecule has 0 amide bonds. The maximum absolute atomic E-state index is 13.3. The number of nitrogens with zero attached hydrogens (tertiary/aromatic N) is 2. The minimum Gasteiger partial charge on any atom is -0.463 e. The van der Waals surface area contributed by atoms with Gasteiger partial charge in [-0.15, -0.1) is 0 Å². The molecule has 7 heteroatoms. The van der Waals surface area contributed by atoms with Gasteiger partial charge in [-0.2, -0.15) is 5.10 Å². The van der Waals surface area contributed by atoms with Crippen LogP contribution in [0.4, 0.5) is 4.39 Å². The third-order valence-electron chi connectivity index (χ3n) is 5.59. The number of benzene rings is 2. The molecule has 0 N–H and O–H groups in total. The largest absolute Gasteiger partial charge is 0.463 e. The molecule has 0 saturated heterocycles. The molecule has 0 aliphatic carbocycles. The second-order valence-electron chi connectivity index (χ2n) is 7.86. The van der Waals surface area contributed by atoms with Gasteiger partial charge < -0.3 is 9.15 Å². The van der Waals surface area contributed by atoms with Gasteiger partial charge in [0.05, 0.1) is 17.4 Å². The summed E-state index contributed by atoms with van der Waals surface area (Å²) < 4.78 is 26.6. The first-order valence-electron chi connectivity index (χ1n) is 10.0. The molecule has 3 heterocycles. The van der Waals surface area contributed by atoms with Gasteiger partial charge in [-0.3, -0.25) is 14.3 Å². The third-order valence-corrected chi connectivity index (χ3v) is 5.59. The number of carbonyl (C=O) groups excluding carboxylic acids is 1. The van der Waals surface area contributed by atoms with E-state index in [0.717, 1.165) is 5.69 Å². The van der Waals surface area contributed by atoms with Gasteiger partial charge in [0.1, 0.15) is 23.4 Å². The van der Waals surface area contributed by atoms with E-state index < -0.39 is 0 Å². The lowest BCUT2D eigenvalue weighted by Crippen LogP contribution is -2.24. The number of ether oxygens (including phenoxy) is 1. The molecule has 1 aliphatic heterocycles. The maximum Gasteiger partial charge on any atom is 0.312 e. The van der Waals surface area contributed by atoms with E-state index in [1.807, 2.05) is 24.6 Å². The Labute approximate surface area is 176 Å². The Hall–Kier alpha value is -3.74. The van der Waals surface area contributed by atoms with Crippen LogP contribution in [-0.4, -0.2) is 15.7 Å². The summed E-state index contributed by atoms with van der Waals surface area (Å²) in [6.45, 7) is 4.02. The Balaban J connectivity index is 1.74. The van der Waals surface area contributed by atoms with E-state index in [-0.39, 0.29) is 35.6 Å². The lowest BCUT2D eigenvalue weighted by atomic mass is 9.88. The van der Waals surface area contributed by atoms with E-state index in [1.54, 1.807) is 18.3 Å². The third kappa shape index (κ3) is 3.13. The highest BCUT2D eigenvalue weighted by molar-refractivity contribution is 5.90. The standard InChI is InChI=1S/C24H19FN2O4/c1-13(2)27-19(9-10-26-27)17-11-21(28)31-20-8-7-16-23(29)18(12-30-24(16)22(17)20)14-3-5-15(25)6-4-14/h3-10,12-13,17H,11H2,1-2H3/t17-/m0/s1. The molecule has 1 aliphatic rings. The maximum atomic E-state index is 13.3. The smallest absolute Gasteiger partial charge is 0.312 e. The molecule has 6 nitrogen and oxygen atoms in total. The van der Waals surface area contributed by atoms with E-state index in [2.05, 4.69) is 5.10 Å². The second-order valence-corrected chi connectivity index (χ2v) is 7.86. The highest BCUT2D eigenvalue weighted by Gasteiger charge is 2.34. The molecule has 5 rings (SSSR count). The molecule has 2 aromatic heterocycles. The molecule has 0 spiro atoms. The van der Waals surface area contributed by atoms with Gasteiger partial charge in [-0.25, -0.2) is 4.39 Å². The first-order chi connectivity index (χ1) is 14.9. The van der Waals surface area contributed by atoms with Crippen LogP contribution < -0.4 is 10.2 Å². The van der Waals surface area contributed by atoms with E-state index in [1.165, 1.54) is 30.5 Å². The predicted octanol–water partition coefficient (Wildman–Crippen LogP) is 4.82. The van der Waals surface area contributed by atoms with Crippen molar-refractivity contribution in [1.29, 1.82) is 0 Å². The van der Waals surface area contributed by atoms with Crippen LogP contribution in [0.2, 0.25) is 0 Å². The summed E-state index contributed by atoms with van der Waals surface area (Å²) in [5.41, 5.74) is 2.55. The summed E-state index contributed by atoms with van der Waals surface area (Å²) >= 11 is 0. The van der Waals surface area contributed by atoms with Crippen molar-refractivity contribution in [2.45, 2.75) is 32.2 Å². The molecule has 0 unspecified atom stereocenters. The topological polar surface area (TPSA) is 74.3 Å². The fourth-order valence-corrected chi connectivity index (χ4v) is 4.17. The number of halogens is 1. The summed E-state index contributed by atoms with van der Waals surface area (Å²) in [5, 5.41) is 4.76. The van der Waals surface area contributed by atoms with Crippen molar-refractivity contribution in [2.75, 3.05) is 0 Å². The molecule has 0 saturated carbocycles. The van der Waals surface area contributed by atoms with Crippen molar-refractivity contribution in [2.24, 2.45) is 0 Å². The van der Waals surface area contributed by atoms with E-state index in [4.69, 9.17) is 9.15 Å². The fraction of sp³-hybridized carbons (Fsp3) is 0.208. The van der Waals surface area contributed by atoms with Crippen LogP contribution in [0.1, 0.15) is 43.5 Å². The highest BCUT2D eigenvalue weighted by Crippen LogP contribution is 2.43. The second kappa shape index (κ2) is 7.19. The van der Waals surface area contributed by atoms with Gasteiger partial charge in [0, 0.05) is 29.4 Å². The quantitative estimate of drug-likeness (QED) is 0.352. The van der Waals surface area contributed by atoms with E-state index in [0.29, 0.717) is 33.4 Å². The van der Waals surface area contributed by atoms with Gasteiger partial charge >= 0.3 is 5.97 Å². The van der Waals surface area contributed by atoms with E-state index in [9.17, 15) is 14.0 Å². The molecule has 2 aromatic carbocycles. The van der Waals surface area contributed by atoms with Gasteiger partial charge in [0.25, 0.3) is 0 Å². The molecular formula is C24H19FN2O4. The molecule has 31 heavy (non-hydrogen) atoms. The number of aromatic nitrogens is 2. The Morgan fingerprint density at radius 3 is 2.61 bits per heavy atom. The molecule has 0 bridgehead atoms.